The molecule has 3 rings (SSSR count). The molecule has 0 N–H and O–H groups in total. The van der Waals surface area contributed by atoms with Gasteiger partial charge in [0.2, 0.25) is 0 Å². The molecular weight excluding hydrogens is 370 g/mol. The second-order valence-corrected chi connectivity index (χ2v) is 9.06. The molecule has 2 aromatic carbocycles. The molecule has 1 fully saturated rings. The molecule has 6 heteroatoms. The van der Waals surface area contributed by atoms with E-state index in [0.29, 0.717) is 41.8 Å². The van der Waals surface area contributed by atoms with Crippen LogP contribution in [0.3, 0.4) is 0 Å². The van der Waals surface area contributed by atoms with Crippen LogP contribution in [0.4, 0.5) is 0 Å². The first-order valence-corrected chi connectivity index (χ1v) is 10.5. The van der Waals surface area contributed by atoms with Crippen molar-refractivity contribution >= 4 is 27.2 Å². The fourth-order valence-corrected chi connectivity index (χ4v) is 5.14. The zero-order valence-corrected chi connectivity index (χ0v) is 15.7. The van der Waals surface area contributed by atoms with Crippen LogP contribution in [0.1, 0.15) is 31.2 Å². The number of hydrogen-bond donors (Lipinski definition) is 0. The average Bonchev–Trinajstić information content (AvgIpc) is 2.63. The topological polar surface area (TPSA) is 75.0 Å². The SMILES string of the molecule is N#Cc1cc(Cl)ccc1-c1ccc(S(=O)(=O)CC2CCC(=O)CC2)cc1. The van der Waals surface area contributed by atoms with Crippen molar-refractivity contribution in [1.82, 2.24) is 0 Å². The Morgan fingerprint density at radius 2 is 1.73 bits per heavy atom. The largest absolute Gasteiger partial charge is 0.300 e. The molecule has 0 unspecified atom stereocenters. The lowest BCUT2D eigenvalue weighted by molar-refractivity contribution is -0.120. The molecule has 0 radical (unpaired) electrons. The molecule has 0 amide bonds. The van der Waals surface area contributed by atoms with E-state index in [-0.39, 0.29) is 22.3 Å². The Balaban J connectivity index is 1.81. The summed E-state index contributed by atoms with van der Waals surface area (Å²) in [5.41, 5.74) is 1.92. The number of Topliss-reactive ketones (excluding diaryl/α,β-unsaturated/α-hetero) is 1. The Bertz CT molecular complexity index is 965. The molecule has 26 heavy (non-hydrogen) atoms. The molecule has 0 bridgehead atoms. The van der Waals surface area contributed by atoms with Crippen molar-refractivity contribution < 1.29 is 13.2 Å². The normalized spacial score (nSPS) is 15.6. The zero-order valence-electron chi connectivity index (χ0n) is 14.1. The summed E-state index contributed by atoms with van der Waals surface area (Å²) in [7, 11) is -3.40. The summed E-state index contributed by atoms with van der Waals surface area (Å²) in [5, 5.41) is 9.74. The minimum absolute atomic E-state index is 0.0406. The molecule has 2 aromatic rings. The van der Waals surface area contributed by atoms with Crippen molar-refractivity contribution in [2.24, 2.45) is 5.92 Å². The molecule has 0 heterocycles. The standard InChI is InChI=1S/C20H18ClNO3S/c21-17-5-10-20(16(11-17)12-22)15-3-8-19(9-4-15)26(24,25)13-14-1-6-18(23)7-2-14/h3-5,8-11,14H,1-2,6-7,13H2. The first-order valence-electron chi connectivity index (χ1n) is 8.43. The molecule has 134 valence electrons. The highest BCUT2D eigenvalue weighted by atomic mass is 35.5. The van der Waals surface area contributed by atoms with Gasteiger partial charge < -0.3 is 0 Å². The van der Waals surface area contributed by atoms with Gasteiger partial charge in [0.1, 0.15) is 5.78 Å². The second-order valence-electron chi connectivity index (χ2n) is 6.59. The van der Waals surface area contributed by atoms with Crippen LogP contribution >= 0.6 is 11.6 Å². The van der Waals surface area contributed by atoms with Crippen molar-refractivity contribution in [3.8, 4) is 17.2 Å². The van der Waals surface area contributed by atoms with Gasteiger partial charge in [0.15, 0.2) is 9.84 Å². The van der Waals surface area contributed by atoms with Crippen LogP contribution < -0.4 is 0 Å². The summed E-state index contributed by atoms with van der Waals surface area (Å²) in [6.07, 6.45) is 2.25. The van der Waals surface area contributed by atoms with Crippen molar-refractivity contribution in [2.75, 3.05) is 5.75 Å². The third kappa shape index (κ3) is 4.14. The molecule has 0 aromatic heterocycles. The first-order chi connectivity index (χ1) is 12.4. The van der Waals surface area contributed by atoms with E-state index < -0.39 is 9.84 Å². The van der Waals surface area contributed by atoms with Gasteiger partial charge in [0.05, 0.1) is 22.3 Å². The van der Waals surface area contributed by atoms with Crippen molar-refractivity contribution in [1.29, 1.82) is 5.26 Å². The smallest absolute Gasteiger partial charge is 0.178 e. The quantitative estimate of drug-likeness (QED) is 0.778. The van der Waals surface area contributed by atoms with Gasteiger partial charge in [0.25, 0.3) is 0 Å². The predicted octanol–water partition coefficient (Wildman–Crippen LogP) is 4.41. The molecular formula is C20H18ClNO3S. The summed E-state index contributed by atoms with van der Waals surface area (Å²) in [5.74, 6) is 0.336. The second kappa shape index (κ2) is 7.61. The number of carbonyl (C=O) groups is 1. The minimum Gasteiger partial charge on any atom is -0.300 e. The predicted molar refractivity (Wildman–Crippen MR) is 101 cm³/mol. The van der Waals surface area contributed by atoms with Gasteiger partial charge in [-0.1, -0.05) is 29.8 Å². The lowest BCUT2D eigenvalue weighted by Gasteiger charge is -2.20. The first kappa shape index (κ1) is 18.6. The number of ketones is 1. The van der Waals surface area contributed by atoms with Gasteiger partial charge in [0, 0.05) is 17.9 Å². The Kier molecular flexibility index (Phi) is 5.45. The number of carbonyl (C=O) groups excluding carboxylic acids is 1. The molecule has 4 nitrogen and oxygen atoms in total. The van der Waals surface area contributed by atoms with Crippen LogP contribution in [0.5, 0.6) is 0 Å². The number of sulfone groups is 1. The van der Waals surface area contributed by atoms with Gasteiger partial charge in [-0.2, -0.15) is 5.26 Å². The van der Waals surface area contributed by atoms with Gasteiger partial charge >= 0.3 is 0 Å². The lowest BCUT2D eigenvalue weighted by Crippen LogP contribution is -2.22. The Morgan fingerprint density at radius 1 is 1.08 bits per heavy atom. The van der Waals surface area contributed by atoms with Gasteiger partial charge in [-0.15, -0.1) is 0 Å². The molecule has 1 saturated carbocycles. The van der Waals surface area contributed by atoms with E-state index in [0.717, 1.165) is 5.56 Å². The number of halogens is 1. The molecule has 0 atom stereocenters. The summed E-state index contributed by atoms with van der Waals surface area (Å²) >= 11 is 5.92. The maximum absolute atomic E-state index is 12.6. The van der Waals surface area contributed by atoms with Crippen LogP contribution in [0, 0.1) is 17.2 Å². The van der Waals surface area contributed by atoms with Crippen LogP contribution in [0.15, 0.2) is 47.4 Å². The number of nitrogens with zero attached hydrogens (tertiary/aromatic N) is 1. The molecule has 0 aliphatic heterocycles. The van der Waals surface area contributed by atoms with Crippen LogP contribution in [0.25, 0.3) is 11.1 Å². The summed E-state index contributed by atoms with van der Waals surface area (Å²) < 4.78 is 25.3. The lowest BCUT2D eigenvalue weighted by atomic mass is 9.90. The van der Waals surface area contributed by atoms with Gasteiger partial charge in [-0.3, -0.25) is 4.79 Å². The van der Waals surface area contributed by atoms with E-state index in [1.165, 1.54) is 0 Å². The van der Waals surface area contributed by atoms with Crippen molar-refractivity contribution in [3.05, 3.63) is 53.1 Å². The molecule has 0 spiro atoms. The number of rotatable bonds is 4. The number of hydrogen-bond acceptors (Lipinski definition) is 4. The summed E-state index contributed by atoms with van der Waals surface area (Å²) in [4.78, 5) is 11.6. The van der Waals surface area contributed by atoms with E-state index in [4.69, 9.17) is 11.6 Å². The maximum atomic E-state index is 12.6. The highest BCUT2D eigenvalue weighted by Gasteiger charge is 2.25. The Labute approximate surface area is 158 Å². The van der Waals surface area contributed by atoms with E-state index in [9.17, 15) is 18.5 Å². The Hall–Kier alpha value is -2.16. The molecule has 1 aliphatic carbocycles. The van der Waals surface area contributed by atoms with E-state index in [1.807, 2.05) is 0 Å². The van der Waals surface area contributed by atoms with Crippen LogP contribution in [-0.2, 0) is 14.6 Å². The minimum atomic E-state index is -3.40. The summed E-state index contributed by atoms with van der Waals surface area (Å²) in [6.45, 7) is 0. The number of benzene rings is 2. The van der Waals surface area contributed by atoms with E-state index in [2.05, 4.69) is 6.07 Å². The third-order valence-electron chi connectivity index (χ3n) is 4.74. The fraction of sp³-hybridized carbons (Fsp3) is 0.300. The number of nitriles is 1. The third-order valence-corrected chi connectivity index (χ3v) is 6.88. The van der Waals surface area contributed by atoms with E-state index in [1.54, 1.807) is 42.5 Å². The monoisotopic (exact) mass is 387 g/mol. The molecule has 0 saturated heterocycles. The highest BCUT2D eigenvalue weighted by molar-refractivity contribution is 7.91. The van der Waals surface area contributed by atoms with Crippen LogP contribution in [0.2, 0.25) is 5.02 Å². The highest BCUT2D eigenvalue weighted by Crippen LogP contribution is 2.29. The summed E-state index contributed by atoms with van der Waals surface area (Å²) in [6, 6.07) is 13.7. The van der Waals surface area contributed by atoms with Crippen LogP contribution in [-0.4, -0.2) is 20.0 Å². The maximum Gasteiger partial charge on any atom is 0.178 e. The zero-order chi connectivity index (χ0) is 18.7. The fourth-order valence-electron chi connectivity index (χ4n) is 3.28. The van der Waals surface area contributed by atoms with Crippen molar-refractivity contribution in [3.63, 3.8) is 0 Å². The van der Waals surface area contributed by atoms with Crippen molar-refractivity contribution in [2.45, 2.75) is 30.6 Å². The molecule has 1 aliphatic rings. The average molecular weight is 388 g/mol. The van der Waals surface area contributed by atoms with Gasteiger partial charge in [-0.25, -0.2) is 8.42 Å². The van der Waals surface area contributed by atoms with E-state index >= 15 is 0 Å². The Morgan fingerprint density at radius 3 is 2.35 bits per heavy atom. The van der Waals surface area contributed by atoms with Gasteiger partial charge in [-0.05, 0) is 54.2 Å².